The number of benzene rings is 2. The van der Waals surface area contributed by atoms with E-state index in [0.29, 0.717) is 31.7 Å². The maximum absolute atomic E-state index is 13.8. The molecule has 188 valence electrons. The number of halogens is 1. The molecule has 5 rings (SSSR count). The number of phenols is 1. The smallest absolute Gasteiger partial charge is 0.310 e. The first-order valence-corrected chi connectivity index (χ1v) is 11.7. The van der Waals surface area contributed by atoms with Crippen molar-refractivity contribution in [3.05, 3.63) is 65.1 Å². The summed E-state index contributed by atoms with van der Waals surface area (Å²) < 4.78 is 21.4. The average Bonchev–Trinajstić information content (AvgIpc) is 3.11. The zero-order valence-corrected chi connectivity index (χ0v) is 19.7. The summed E-state index contributed by atoms with van der Waals surface area (Å²) in [5, 5.41) is 19.7. The van der Waals surface area contributed by atoms with E-state index in [-0.39, 0.29) is 42.3 Å². The van der Waals surface area contributed by atoms with Gasteiger partial charge in [-0.3, -0.25) is 14.4 Å². The predicted octanol–water partition coefficient (Wildman–Crippen LogP) is 2.26. The topological polar surface area (TPSA) is 112 Å². The highest BCUT2D eigenvalue weighted by molar-refractivity contribution is 6.00. The molecule has 2 aliphatic rings. The maximum Gasteiger partial charge on any atom is 0.310 e. The molecule has 1 atom stereocenters. The minimum atomic E-state index is -0.901. The van der Waals surface area contributed by atoms with E-state index in [1.807, 2.05) is 29.9 Å². The number of rotatable bonds is 5. The van der Waals surface area contributed by atoms with Crippen LogP contribution in [0.25, 0.3) is 10.9 Å². The van der Waals surface area contributed by atoms with Gasteiger partial charge in [-0.05, 0) is 42.3 Å². The molecule has 3 aromatic rings. The molecule has 36 heavy (non-hydrogen) atoms. The Morgan fingerprint density at radius 2 is 1.86 bits per heavy atom. The van der Waals surface area contributed by atoms with Crippen molar-refractivity contribution in [3.63, 3.8) is 0 Å². The van der Waals surface area contributed by atoms with Crippen LogP contribution in [0.4, 0.5) is 4.39 Å². The number of carbonyl (C=O) groups is 3. The zero-order chi connectivity index (χ0) is 25.6. The number of aromatic hydroxyl groups is 1. The molecule has 0 spiro atoms. The summed E-state index contributed by atoms with van der Waals surface area (Å²) in [6.45, 7) is 1.37. The number of ether oxygens (including phenoxy) is 1. The number of morpholine rings is 1. The Labute approximate surface area is 206 Å². The van der Waals surface area contributed by atoms with E-state index in [1.165, 1.54) is 11.0 Å². The number of aryl methyl sites for hydroxylation is 1. The highest BCUT2D eigenvalue weighted by Gasteiger charge is 2.36. The minimum absolute atomic E-state index is 0.0689. The van der Waals surface area contributed by atoms with Gasteiger partial charge < -0.3 is 29.3 Å². The first-order chi connectivity index (χ1) is 17.2. The SMILES string of the molecule is Cn1cc(C[C@H]2COCCN2C(=O)c2cc(O)cc(F)c2)c2cc(C(=O)N3CC(C(=O)O)C3)ccc21. The molecule has 0 unspecified atom stereocenters. The third-order valence-corrected chi connectivity index (χ3v) is 6.91. The Hall–Kier alpha value is -3.92. The number of fused-ring (bicyclic) bond motifs is 1. The summed E-state index contributed by atoms with van der Waals surface area (Å²) in [7, 11) is 1.90. The molecule has 10 heteroatoms. The van der Waals surface area contributed by atoms with Gasteiger partial charge in [0.05, 0.1) is 25.2 Å². The molecular formula is C26H26FN3O6. The van der Waals surface area contributed by atoms with Crippen LogP contribution in [0.1, 0.15) is 26.3 Å². The van der Waals surface area contributed by atoms with E-state index in [2.05, 4.69) is 0 Å². The molecule has 2 amide bonds. The molecule has 9 nitrogen and oxygen atoms in total. The van der Waals surface area contributed by atoms with Crippen LogP contribution >= 0.6 is 0 Å². The summed E-state index contributed by atoms with van der Waals surface area (Å²) in [4.78, 5) is 40.3. The Balaban J connectivity index is 1.40. The maximum atomic E-state index is 13.8. The second-order valence-corrected chi connectivity index (χ2v) is 9.37. The largest absolute Gasteiger partial charge is 0.508 e. The lowest BCUT2D eigenvalue weighted by Gasteiger charge is -2.36. The number of hydrogen-bond acceptors (Lipinski definition) is 5. The molecule has 2 saturated heterocycles. The van der Waals surface area contributed by atoms with Gasteiger partial charge in [0.25, 0.3) is 11.8 Å². The lowest BCUT2D eigenvalue weighted by molar-refractivity contribution is -0.146. The predicted molar refractivity (Wildman–Crippen MR) is 127 cm³/mol. The molecule has 3 heterocycles. The van der Waals surface area contributed by atoms with Gasteiger partial charge in [-0.1, -0.05) is 0 Å². The minimum Gasteiger partial charge on any atom is -0.508 e. The highest BCUT2D eigenvalue weighted by atomic mass is 19.1. The van der Waals surface area contributed by atoms with Crippen molar-refractivity contribution in [2.75, 3.05) is 32.8 Å². The van der Waals surface area contributed by atoms with E-state index in [0.717, 1.165) is 28.6 Å². The standard InChI is InChI=1S/C26H26FN3O6/c1-28-11-17(22-9-15(2-3-23(22)28)24(32)29-12-18(13-29)26(34)35)7-20-14-36-5-4-30(20)25(33)16-6-19(27)10-21(31)8-16/h2-3,6,8-11,18,20,31H,4-5,7,12-14H2,1H3,(H,34,35)/t20-/m0/s1. The van der Waals surface area contributed by atoms with E-state index in [4.69, 9.17) is 9.84 Å². The number of carboxylic acids is 1. The first-order valence-electron chi connectivity index (χ1n) is 11.7. The number of nitrogens with zero attached hydrogens (tertiary/aromatic N) is 3. The summed E-state index contributed by atoms with van der Waals surface area (Å²) in [6, 6.07) is 8.38. The monoisotopic (exact) mass is 495 g/mol. The summed E-state index contributed by atoms with van der Waals surface area (Å²) >= 11 is 0. The van der Waals surface area contributed by atoms with E-state index >= 15 is 0 Å². The van der Waals surface area contributed by atoms with Gasteiger partial charge in [-0.15, -0.1) is 0 Å². The molecule has 0 aliphatic carbocycles. The second-order valence-electron chi connectivity index (χ2n) is 9.37. The van der Waals surface area contributed by atoms with Crippen LogP contribution in [0.2, 0.25) is 0 Å². The third kappa shape index (κ3) is 4.39. The first kappa shape index (κ1) is 23.8. The molecule has 2 N–H and O–H groups in total. The Bertz CT molecular complexity index is 1340. The van der Waals surface area contributed by atoms with Crippen LogP contribution < -0.4 is 0 Å². The number of aliphatic carboxylic acids is 1. The number of carbonyl (C=O) groups excluding carboxylic acids is 2. The molecule has 2 fully saturated rings. The van der Waals surface area contributed by atoms with Crippen LogP contribution in [0.5, 0.6) is 5.75 Å². The van der Waals surface area contributed by atoms with Crippen molar-refractivity contribution in [1.82, 2.24) is 14.4 Å². The lowest BCUT2D eigenvalue weighted by Crippen LogP contribution is -2.53. The van der Waals surface area contributed by atoms with Gasteiger partial charge in [0, 0.05) is 61.0 Å². The molecular weight excluding hydrogens is 469 g/mol. The molecule has 2 aromatic carbocycles. The Kier molecular flexibility index (Phi) is 6.13. The number of amides is 2. The number of carboxylic acid groups (broad SMARTS) is 1. The number of phenolic OH excluding ortho intramolecular Hbond substituents is 1. The molecule has 0 saturated carbocycles. The zero-order valence-electron chi connectivity index (χ0n) is 19.7. The van der Waals surface area contributed by atoms with E-state index < -0.39 is 17.7 Å². The van der Waals surface area contributed by atoms with Gasteiger partial charge in [0.1, 0.15) is 11.6 Å². The Morgan fingerprint density at radius 3 is 2.58 bits per heavy atom. The summed E-state index contributed by atoms with van der Waals surface area (Å²) in [6.07, 6.45) is 2.40. The molecule has 0 radical (unpaired) electrons. The van der Waals surface area contributed by atoms with E-state index in [1.54, 1.807) is 11.0 Å². The van der Waals surface area contributed by atoms with Crippen LogP contribution in [-0.2, 0) is 23.0 Å². The van der Waals surface area contributed by atoms with Gasteiger partial charge in [-0.25, -0.2) is 4.39 Å². The van der Waals surface area contributed by atoms with Gasteiger partial charge >= 0.3 is 5.97 Å². The van der Waals surface area contributed by atoms with Crippen molar-refractivity contribution in [2.45, 2.75) is 12.5 Å². The number of likely N-dealkylation sites (tertiary alicyclic amines) is 1. The van der Waals surface area contributed by atoms with Crippen molar-refractivity contribution in [2.24, 2.45) is 13.0 Å². The van der Waals surface area contributed by atoms with Crippen molar-refractivity contribution in [3.8, 4) is 5.75 Å². The normalized spacial score (nSPS) is 18.3. The van der Waals surface area contributed by atoms with Crippen molar-refractivity contribution >= 4 is 28.7 Å². The third-order valence-electron chi connectivity index (χ3n) is 6.91. The Morgan fingerprint density at radius 1 is 1.08 bits per heavy atom. The number of aromatic nitrogens is 1. The molecule has 1 aromatic heterocycles. The second kappa shape index (κ2) is 9.27. The van der Waals surface area contributed by atoms with Crippen LogP contribution in [0.15, 0.2) is 42.6 Å². The summed E-state index contributed by atoms with van der Waals surface area (Å²) in [5.41, 5.74) is 2.38. The lowest BCUT2D eigenvalue weighted by atomic mass is 9.98. The highest BCUT2D eigenvalue weighted by Crippen LogP contribution is 2.28. The number of hydrogen-bond donors (Lipinski definition) is 2. The molecule has 2 aliphatic heterocycles. The molecule has 0 bridgehead atoms. The fraction of sp³-hybridized carbons (Fsp3) is 0.346. The fourth-order valence-corrected chi connectivity index (χ4v) is 4.96. The van der Waals surface area contributed by atoms with Crippen LogP contribution in [0.3, 0.4) is 0 Å². The fourth-order valence-electron chi connectivity index (χ4n) is 4.96. The van der Waals surface area contributed by atoms with Gasteiger partial charge in [0.15, 0.2) is 0 Å². The van der Waals surface area contributed by atoms with Crippen LogP contribution in [0, 0.1) is 11.7 Å². The quantitative estimate of drug-likeness (QED) is 0.562. The van der Waals surface area contributed by atoms with Crippen molar-refractivity contribution in [1.29, 1.82) is 0 Å². The average molecular weight is 496 g/mol. The van der Waals surface area contributed by atoms with Gasteiger partial charge in [-0.2, -0.15) is 0 Å². The summed E-state index contributed by atoms with van der Waals surface area (Å²) in [5.74, 6) is -3.03. The van der Waals surface area contributed by atoms with Crippen molar-refractivity contribution < 1.29 is 33.7 Å². The van der Waals surface area contributed by atoms with Gasteiger partial charge in [0.2, 0.25) is 0 Å². The van der Waals surface area contributed by atoms with E-state index in [9.17, 15) is 23.9 Å². The van der Waals surface area contributed by atoms with Crippen LogP contribution in [-0.4, -0.2) is 81.3 Å².